The van der Waals surface area contributed by atoms with Crippen molar-refractivity contribution in [3.63, 3.8) is 0 Å². The van der Waals surface area contributed by atoms with Crippen LogP contribution < -0.4 is 10.6 Å². The Hall–Kier alpha value is -3.77. The van der Waals surface area contributed by atoms with Gasteiger partial charge in [0.2, 0.25) is 11.8 Å². The van der Waals surface area contributed by atoms with E-state index < -0.39 is 5.92 Å². The first-order valence-electron chi connectivity index (χ1n) is 10.1. The van der Waals surface area contributed by atoms with E-state index in [1.54, 1.807) is 0 Å². The molecule has 0 radical (unpaired) electrons. The molecule has 1 aliphatic heterocycles. The van der Waals surface area contributed by atoms with E-state index in [9.17, 15) is 9.59 Å². The standard InChI is InChI=1S/C25H24N4O2/c1-29(2)16-22(30)26-18-12-14-19(15-13-18)27-24(17-8-4-3-5-9-17)23-20-10-6-7-11-21(20)28-25(23)31/h3-15,23H,16H2,1-2H3,(H,26,30)(H,28,31). The molecule has 31 heavy (non-hydrogen) atoms. The summed E-state index contributed by atoms with van der Waals surface area (Å²) in [6, 6.07) is 24.8. The summed E-state index contributed by atoms with van der Waals surface area (Å²) in [6.07, 6.45) is 0. The zero-order valence-electron chi connectivity index (χ0n) is 17.5. The summed E-state index contributed by atoms with van der Waals surface area (Å²) in [5, 5.41) is 5.83. The lowest BCUT2D eigenvalue weighted by Gasteiger charge is -2.14. The average Bonchev–Trinajstić information content (AvgIpc) is 3.09. The van der Waals surface area contributed by atoms with Crippen LogP contribution in [-0.4, -0.2) is 43.1 Å². The second-order valence-electron chi connectivity index (χ2n) is 7.71. The summed E-state index contributed by atoms with van der Waals surface area (Å²) in [4.78, 5) is 31.5. The van der Waals surface area contributed by atoms with Crippen molar-refractivity contribution < 1.29 is 9.59 Å². The second kappa shape index (κ2) is 8.93. The number of hydrogen-bond donors (Lipinski definition) is 2. The zero-order chi connectivity index (χ0) is 21.8. The number of nitrogens with one attached hydrogen (secondary N) is 2. The molecular weight excluding hydrogens is 388 g/mol. The molecule has 2 N–H and O–H groups in total. The van der Waals surface area contributed by atoms with Crippen molar-refractivity contribution in [1.82, 2.24) is 4.90 Å². The van der Waals surface area contributed by atoms with Gasteiger partial charge in [0.25, 0.3) is 0 Å². The molecule has 6 heteroatoms. The van der Waals surface area contributed by atoms with E-state index in [0.29, 0.717) is 23.6 Å². The van der Waals surface area contributed by atoms with Gasteiger partial charge in [0, 0.05) is 11.4 Å². The summed E-state index contributed by atoms with van der Waals surface area (Å²) in [5.41, 5.74) is 4.73. The number of amides is 2. The highest BCUT2D eigenvalue weighted by atomic mass is 16.2. The molecule has 0 spiro atoms. The van der Waals surface area contributed by atoms with Crippen LogP contribution in [0.4, 0.5) is 17.1 Å². The Kier molecular flexibility index (Phi) is 5.91. The molecule has 3 aromatic carbocycles. The van der Waals surface area contributed by atoms with Crippen molar-refractivity contribution >= 4 is 34.6 Å². The highest BCUT2D eigenvalue weighted by Crippen LogP contribution is 2.36. The largest absolute Gasteiger partial charge is 0.325 e. The smallest absolute Gasteiger partial charge is 0.238 e. The minimum Gasteiger partial charge on any atom is -0.325 e. The van der Waals surface area contributed by atoms with Crippen molar-refractivity contribution in [3.05, 3.63) is 90.0 Å². The molecule has 4 rings (SSSR count). The van der Waals surface area contributed by atoms with Crippen LogP contribution in [0.15, 0.2) is 83.9 Å². The van der Waals surface area contributed by atoms with E-state index in [-0.39, 0.29) is 11.8 Å². The van der Waals surface area contributed by atoms with Gasteiger partial charge in [0.05, 0.1) is 17.9 Å². The summed E-state index contributed by atoms with van der Waals surface area (Å²) >= 11 is 0. The molecule has 2 amide bonds. The lowest BCUT2D eigenvalue weighted by Crippen LogP contribution is -2.27. The molecule has 3 aromatic rings. The van der Waals surface area contributed by atoms with Crippen LogP contribution in [0.2, 0.25) is 0 Å². The second-order valence-corrected chi connectivity index (χ2v) is 7.71. The van der Waals surface area contributed by atoms with Gasteiger partial charge < -0.3 is 15.5 Å². The Morgan fingerprint density at radius 3 is 2.35 bits per heavy atom. The Balaban J connectivity index is 1.67. The fourth-order valence-electron chi connectivity index (χ4n) is 3.63. The summed E-state index contributed by atoms with van der Waals surface area (Å²) in [7, 11) is 3.69. The Bertz CT molecular complexity index is 1120. The van der Waals surface area contributed by atoms with Gasteiger partial charge >= 0.3 is 0 Å². The highest BCUT2D eigenvalue weighted by molar-refractivity contribution is 6.24. The highest BCUT2D eigenvalue weighted by Gasteiger charge is 2.35. The number of aliphatic imine (C=N–C) groups is 1. The summed E-state index contributed by atoms with van der Waals surface area (Å²) < 4.78 is 0. The Morgan fingerprint density at radius 1 is 0.968 bits per heavy atom. The predicted octanol–water partition coefficient (Wildman–Crippen LogP) is 4.04. The third kappa shape index (κ3) is 4.70. The first-order chi connectivity index (χ1) is 15.0. The van der Waals surface area contributed by atoms with Crippen LogP contribution in [0, 0.1) is 0 Å². The summed E-state index contributed by atoms with van der Waals surface area (Å²) in [6.45, 7) is 0.314. The van der Waals surface area contributed by atoms with E-state index in [2.05, 4.69) is 10.6 Å². The maximum atomic E-state index is 12.9. The molecule has 0 aliphatic carbocycles. The normalized spacial score (nSPS) is 15.5. The Labute approximate surface area is 181 Å². The molecule has 1 atom stereocenters. The molecule has 0 fully saturated rings. The number of anilines is 2. The van der Waals surface area contributed by atoms with Crippen LogP contribution in [0.25, 0.3) is 0 Å². The molecule has 1 heterocycles. The zero-order valence-corrected chi connectivity index (χ0v) is 17.5. The van der Waals surface area contributed by atoms with E-state index in [4.69, 9.17) is 4.99 Å². The number of fused-ring (bicyclic) bond motifs is 1. The third-order valence-corrected chi connectivity index (χ3v) is 5.00. The first-order valence-corrected chi connectivity index (χ1v) is 10.1. The molecule has 0 aromatic heterocycles. The van der Waals surface area contributed by atoms with Gasteiger partial charge in [-0.1, -0.05) is 48.5 Å². The fraction of sp³-hybridized carbons (Fsp3) is 0.160. The number of likely N-dealkylation sites (N-methyl/N-ethyl adjacent to an activating group) is 1. The van der Waals surface area contributed by atoms with Gasteiger partial charge in [-0.05, 0) is 55.6 Å². The molecule has 6 nitrogen and oxygen atoms in total. The Morgan fingerprint density at radius 2 is 1.65 bits per heavy atom. The van der Waals surface area contributed by atoms with Crippen molar-refractivity contribution in [2.75, 3.05) is 31.3 Å². The topological polar surface area (TPSA) is 73.8 Å². The minimum atomic E-state index is -0.488. The maximum Gasteiger partial charge on any atom is 0.238 e. The molecule has 0 saturated carbocycles. The number of carbonyl (C=O) groups excluding carboxylic acids is 2. The van der Waals surface area contributed by atoms with Gasteiger partial charge in [-0.15, -0.1) is 0 Å². The fourth-order valence-corrected chi connectivity index (χ4v) is 3.63. The van der Waals surface area contributed by atoms with Crippen LogP contribution in [0.5, 0.6) is 0 Å². The molecule has 1 aliphatic rings. The van der Waals surface area contributed by atoms with E-state index in [1.807, 2.05) is 97.9 Å². The van der Waals surface area contributed by atoms with Crippen molar-refractivity contribution in [3.8, 4) is 0 Å². The van der Waals surface area contributed by atoms with Gasteiger partial charge in [-0.3, -0.25) is 14.6 Å². The number of rotatable bonds is 6. The SMILES string of the molecule is CN(C)CC(=O)Nc1ccc(N=C(c2ccccc2)C2C(=O)Nc3ccccc32)cc1. The van der Waals surface area contributed by atoms with Crippen LogP contribution in [0.3, 0.4) is 0 Å². The number of para-hydroxylation sites is 1. The number of benzene rings is 3. The molecule has 0 saturated heterocycles. The van der Waals surface area contributed by atoms with E-state index in [0.717, 1.165) is 16.8 Å². The van der Waals surface area contributed by atoms with Crippen LogP contribution >= 0.6 is 0 Å². The number of carbonyl (C=O) groups is 2. The maximum absolute atomic E-state index is 12.9. The van der Waals surface area contributed by atoms with Crippen LogP contribution in [0.1, 0.15) is 17.0 Å². The molecule has 0 bridgehead atoms. The molecule has 1 unspecified atom stereocenters. The third-order valence-electron chi connectivity index (χ3n) is 5.00. The van der Waals surface area contributed by atoms with Gasteiger partial charge in [0.1, 0.15) is 5.92 Å². The van der Waals surface area contributed by atoms with Crippen molar-refractivity contribution in [1.29, 1.82) is 0 Å². The van der Waals surface area contributed by atoms with Crippen molar-refractivity contribution in [2.24, 2.45) is 4.99 Å². The van der Waals surface area contributed by atoms with Gasteiger partial charge in [-0.2, -0.15) is 0 Å². The minimum absolute atomic E-state index is 0.0783. The number of nitrogens with zero attached hydrogens (tertiary/aromatic N) is 2. The summed E-state index contributed by atoms with van der Waals surface area (Å²) in [5.74, 6) is -0.653. The predicted molar refractivity (Wildman–Crippen MR) is 124 cm³/mol. The van der Waals surface area contributed by atoms with Crippen molar-refractivity contribution in [2.45, 2.75) is 5.92 Å². The van der Waals surface area contributed by atoms with E-state index >= 15 is 0 Å². The number of hydrogen-bond acceptors (Lipinski definition) is 4. The average molecular weight is 412 g/mol. The van der Waals surface area contributed by atoms with Gasteiger partial charge in [0.15, 0.2) is 0 Å². The lowest BCUT2D eigenvalue weighted by molar-refractivity contribution is -0.117. The molecule has 156 valence electrons. The van der Waals surface area contributed by atoms with Crippen LogP contribution in [-0.2, 0) is 9.59 Å². The lowest BCUT2D eigenvalue weighted by atomic mass is 9.90. The monoisotopic (exact) mass is 412 g/mol. The van der Waals surface area contributed by atoms with Gasteiger partial charge in [-0.25, -0.2) is 0 Å². The molecular formula is C25H24N4O2. The quantitative estimate of drug-likeness (QED) is 0.600. The van der Waals surface area contributed by atoms with E-state index in [1.165, 1.54) is 0 Å². The first kappa shape index (κ1) is 20.5.